The Morgan fingerprint density at radius 1 is 1.43 bits per heavy atom. The quantitative estimate of drug-likeness (QED) is 0.682. The highest BCUT2D eigenvalue weighted by molar-refractivity contribution is 9.08. The van der Waals surface area contributed by atoms with E-state index in [2.05, 4.69) is 35.0 Å². The first kappa shape index (κ1) is 10.5. The summed E-state index contributed by atoms with van der Waals surface area (Å²) in [7, 11) is 0. The summed E-state index contributed by atoms with van der Waals surface area (Å²) in [5.41, 5.74) is 1.40. The first-order valence-electron chi connectivity index (χ1n) is 4.52. The monoisotopic (exact) mass is 288 g/mol. The fraction of sp³-hybridized carbons (Fsp3) is 0.273. The molecule has 0 aliphatic carbocycles. The second kappa shape index (κ2) is 4.21. The lowest BCUT2D eigenvalue weighted by molar-refractivity contribution is 1.16. The van der Waals surface area contributed by atoms with Gasteiger partial charge < -0.3 is 0 Å². The topological polar surface area (TPSA) is 0 Å². The maximum absolute atomic E-state index is 5.99. The van der Waals surface area contributed by atoms with Crippen molar-refractivity contribution < 1.29 is 0 Å². The minimum atomic E-state index is 0.820. The van der Waals surface area contributed by atoms with Crippen molar-refractivity contribution in [2.24, 2.45) is 0 Å². The molecule has 0 unspecified atom stereocenters. The molecule has 0 bridgehead atoms. The zero-order valence-electron chi connectivity index (χ0n) is 7.81. The molecule has 2 rings (SSSR count). The van der Waals surface area contributed by atoms with Gasteiger partial charge in [-0.15, -0.1) is 11.3 Å². The smallest absolute Gasteiger partial charge is 0.0413 e. The highest BCUT2D eigenvalue weighted by Crippen LogP contribution is 2.34. The van der Waals surface area contributed by atoms with Gasteiger partial charge in [0, 0.05) is 19.9 Å². The number of hydrogen-bond donors (Lipinski definition) is 0. The van der Waals surface area contributed by atoms with Crippen molar-refractivity contribution in [2.75, 3.05) is 0 Å². The minimum Gasteiger partial charge on any atom is -0.140 e. The van der Waals surface area contributed by atoms with E-state index >= 15 is 0 Å². The number of halogens is 2. The van der Waals surface area contributed by atoms with Crippen molar-refractivity contribution >= 4 is 49.0 Å². The Kier molecular flexibility index (Phi) is 3.15. The van der Waals surface area contributed by atoms with Gasteiger partial charge in [-0.3, -0.25) is 0 Å². The molecule has 0 fully saturated rings. The summed E-state index contributed by atoms with van der Waals surface area (Å²) in [5.74, 6) is 0. The fourth-order valence-corrected chi connectivity index (χ4v) is 3.75. The van der Waals surface area contributed by atoms with Crippen LogP contribution in [0.3, 0.4) is 0 Å². The molecular weight excluding hydrogens is 280 g/mol. The van der Waals surface area contributed by atoms with Crippen LogP contribution in [0.15, 0.2) is 18.2 Å². The Morgan fingerprint density at radius 3 is 2.86 bits per heavy atom. The molecule has 0 spiro atoms. The van der Waals surface area contributed by atoms with E-state index in [1.165, 1.54) is 20.5 Å². The van der Waals surface area contributed by atoms with Crippen LogP contribution >= 0.6 is 38.9 Å². The molecule has 0 aliphatic heterocycles. The molecule has 0 N–H and O–H groups in total. The van der Waals surface area contributed by atoms with Gasteiger partial charge in [-0.1, -0.05) is 34.5 Å². The zero-order chi connectivity index (χ0) is 10.1. The molecule has 0 atom stereocenters. The molecule has 1 heterocycles. The van der Waals surface area contributed by atoms with E-state index in [4.69, 9.17) is 11.6 Å². The van der Waals surface area contributed by atoms with E-state index < -0.39 is 0 Å². The number of hydrogen-bond acceptors (Lipinski definition) is 1. The first-order chi connectivity index (χ1) is 6.76. The van der Waals surface area contributed by atoms with Crippen molar-refractivity contribution in [2.45, 2.75) is 18.7 Å². The molecule has 3 heteroatoms. The van der Waals surface area contributed by atoms with Crippen molar-refractivity contribution in [1.82, 2.24) is 0 Å². The maximum atomic E-state index is 5.99. The summed E-state index contributed by atoms with van der Waals surface area (Å²) >= 11 is 11.4. The molecule has 0 saturated carbocycles. The van der Waals surface area contributed by atoms with Gasteiger partial charge in [-0.05, 0) is 35.6 Å². The first-order valence-corrected chi connectivity index (χ1v) is 6.83. The summed E-state index contributed by atoms with van der Waals surface area (Å²) in [6, 6.07) is 6.12. The van der Waals surface area contributed by atoms with Crippen LogP contribution in [0.1, 0.15) is 17.4 Å². The average Bonchev–Trinajstić information content (AvgIpc) is 2.54. The standard InChI is InChI=1S/C11H10BrClS/c1-2-10-9(6-12)8-5-7(13)3-4-11(8)14-10/h3-5H,2,6H2,1H3. The average molecular weight is 290 g/mol. The molecule has 0 nitrogen and oxygen atoms in total. The lowest BCUT2D eigenvalue weighted by atomic mass is 10.1. The van der Waals surface area contributed by atoms with Crippen LogP contribution in [0.25, 0.3) is 10.1 Å². The summed E-state index contributed by atoms with van der Waals surface area (Å²) in [6.07, 6.45) is 1.10. The van der Waals surface area contributed by atoms with E-state index in [9.17, 15) is 0 Å². The van der Waals surface area contributed by atoms with Crippen LogP contribution in [0.4, 0.5) is 0 Å². The molecule has 74 valence electrons. The third-order valence-electron chi connectivity index (χ3n) is 2.29. The van der Waals surface area contributed by atoms with Crippen molar-refractivity contribution in [3.8, 4) is 0 Å². The van der Waals surface area contributed by atoms with Gasteiger partial charge in [-0.25, -0.2) is 0 Å². The molecule has 14 heavy (non-hydrogen) atoms. The van der Waals surface area contributed by atoms with Gasteiger partial charge in [-0.2, -0.15) is 0 Å². The third-order valence-corrected chi connectivity index (χ3v) is 4.44. The molecular formula is C11H10BrClS. The maximum Gasteiger partial charge on any atom is 0.0413 e. The summed E-state index contributed by atoms with van der Waals surface area (Å²) in [5, 5.41) is 3.03. The van der Waals surface area contributed by atoms with E-state index in [0.29, 0.717) is 0 Å². The third kappa shape index (κ3) is 1.71. The number of alkyl halides is 1. The second-order valence-corrected chi connectivity index (χ2v) is 5.27. The largest absolute Gasteiger partial charge is 0.140 e. The molecule has 2 aromatic rings. The highest BCUT2D eigenvalue weighted by Gasteiger charge is 2.09. The molecule has 1 aromatic carbocycles. The van der Waals surface area contributed by atoms with Crippen molar-refractivity contribution in [1.29, 1.82) is 0 Å². The van der Waals surface area contributed by atoms with E-state index in [0.717, 1.165) is 16.8 Å². The highest BCUT2D eigenvalue weighted by atomic mass is 79.9. The molecule has 1 aromatic heterocycles. The minimum absolute atomic E-state index is 0.820. The summed E-state index contributed by atoms with van der Waals surface area (Å²) in [4.78, 5) is 1.46. The zero-order valence-corrected chi connectivity index (χ0v) is 11.0. The van der Waals surface area contributed by atoms with E-state index in [1.54, 1.807) is 0 Å². The van der Waals surface area contributed by atoms with Crippen LogP contribution in [0, 0.1) is 0 Å². The van der Waals surface area contributed by atoms with Crippen molar-refractivity contribution in [3.63, 3.8) is 0 Å². The van der Waals surface area contributed by atoms with Crippen LogP contribution < -0.4 is 0 Å². The van der Waals surface area contributed by atoms with E-state index in [1.807, 2.05) is 17.4 Å². The van der Waals surface area contributed by atoms with Gasteiger partial charge in [0.1, 0.15) is 0 Å². The van der Waals surface area contributed by atoms with Crippen LogP contribution in [-0.2, 0) is 11.8 Å². The number of thiophene rings is 1. The van der Waals surface area contributed by atoms with Crippen molar-refractivity contribution in [3.05, 3.63) is 33.7 Å². The Balaban J connectivity index is 2.74. The van der Waals surface area contributed by atoms with Gasteiger partial charge in [0.15, 0.2) is 0 Å². The molecule has 0 saturated heterocycles. The van der Waals surface area contributed by atoms with Gasteiger partial charge in [0.25, 0.3) is 0 Å². The molecule has 0 radical (unpaired) electrons. The van der Waals surface area contributed by atoms with Gasteiger partial charge >= 0.3 is 0 Å². The number of aryl methyl sites for hydroxylation is 1. The Labute approximate surface area is 101 Å². The molecule has 0 aliphatic rings. The Hall–Kier alpha value is -0.0500. The Bertz CT molecular complexity index is 462. The second-order valence-electron chi connectivity index (χ2n) is 3.13. The van der Waals surface area contributed by atoms with Crippen LogP contribution in [0.2, 0.25) is 5.02 Å². The summed E-state index contributed by atoms with van der Waals surface area (Å²) < 4.78 is 1.33. The van der Waals surface area contributed by atoms with Gasteiger partial charge in [0.05, 0.1) is 0 Å². The number of fused-ring (bicyclic) bond motifs is 1. The lowest BCUT2D eigenvalue weighted by Crippen LogP contribution is -1.81. The van der Waals surface area contributed by atoms with E-state index in [-0.39, 0.29) is 0 Å². The fourth-order valence-electron chi connectivity index (χ4n) is 1.60. The number of benzene rings is 1. The van der Waals surface area contributed by atoms with Crippen LogP contribution in [-0.4, -0.2) is 0 Å². The summed E-state index contributed by atoms with van der Waals surface area (Å²) in [6.45, 7) is 2.19. The predicted molar refractivity (Wildman–Crippen MR) is 68.8 cm³/mol. The Morgan fingerprint density at radius 2 is 2.21 bits per heavy atom. The van der Waals surface area contributed by atoms with Crippen LogP contribution in [0.5, 0.6) is 0 Å². The van der Waals surface area contributed by atoms with Gasteiger partial charge in [0.2, 0.25) is 0 Å². The SMILES string of the molecule is CCc1sc2ccc(Cl)cc2c1CBr. The number of rotatable bonds is 2. The molecule has 0 amide bonds. The lowest BCUT2D eigenvalue weighted by Gasteiger charge is -1.96. The normalized spacial score (nSPS) is 11.1. The predicted octanol–water partition coefficient (Wildman–Crippen LogP) is 5.01.